The topological polar surface area (TPSA) is 60.3 Å². The maximum absolute atomic E-state index is 14.3. The Morgan fingerprint density at radius 2 is 1.75 bits per heavy atom. The van der Waals surface area contributed by atoms with Gasteiger partial charge in [-0.2, -0.15) is 13.2 Å². The van der Waals surface area contributed by atoms with E-state index in [1.807, 2.05) is 0 Å². The molecule has 2 aromatic heterocycles. The third-order valence-electron chi connectivity index (χ3n) is 5.30. The van der Waals surface area contributed by atoms with Crippen LogP contribution in [0.2, 0.25) is 5.02 Å². The fourth-order valence-electron chi connectivity index (χ4n) is 3.89. The second-order valence-corrected chi connectivity index (χ2v) is 7.83. The van der Waals surface area contributed by atoms with Gasteiger partial charge in [-0.3, -0.25) is 4.79 Å². The van der Waals surface area contributed by atoms with Crippen LogP contribution >= 0.6 is 11.6 Å². The maximum Gasteiger partial charge on any atom is 0.431 e. The molecule has 1 aromatic carbocycles. The first-order valence-electron chi connectivity index (χ1n) is 9.96. The number of alkyl halides is 3. The summed E-state index contributed by atoms with van der Waals surface area (Å²) in [4.78, 5) is 23.3. The summed E-state index contributed by atoms with van der Waals surface area (Å²) in [6.45, 7) is 2.43. The normalized spacial score (nSPS) is 14.6. The van der Waals surface area contributed by atoms with E-state index in [1.165, 1.54) is 24.2 Å². The summed E-state index contributed by atoms with van der Waals surface area (Å²) < 4.78 is 49.1. The Morgan fingerprint density at radius 3 is 2.34 bits per heavy atom. The van der Waals surface area contributed by atoms with Crippen molar-refractivity contribution in [1.29, 1.82) is 0 Å². The first kappa shape index (κ1) is 22.3. The Labute approximate surface area is 187 Å². The number of rotatable bonds is 4. The van der Waals surface area contributed by atoms with Crippen LogP contribution in [0.15, 0.2) is 42.7 Å². The molecule has 4 rings (SSSR count). The number of morpholine rings is 1. The molecule has 1 fully saturated rings. The fourth-order valence-corrected chi connectivity index (χ4v) is 3.99. The molecular weight excluding hydrogens is 445 g/mol. The molecule has 6 nitrogen and oxygen atoms in total. The molecule has 0 aliphatic carbocycles. The fraction of sp³-hybridized carbons (Fsp3) is 0.318. The van der Waals surface area contributed by atoms with Crippen LogP contribution in [0, 0.1) is 6.92 Å². The van der Waals surface area contributed by atoms with E-state index in [4.69, 9.17) is 16.3 Å². The van der Waals surface area contributed by atoms with Crippen molar-refractivity contribution in [2.24, 2.45) is 0 Å². The molecule has 3 heterocycles. The summed E-state index contributed by atoms with van der Waals surface area (Å²) in [6.07, 6.45) is -2.09. The molecule has 0 N–H and O–H groups in total. The molecule has 1 amide bonds. The average molecular weight is 465 g/mol. The number of hydrogen-bond donors (Lipinski definition) is 0. The van der Waals surface area contributed by atoms with Gasteiger partial charge in [0.2, 0.25) is 0 Å². The number of halogens is 4. The van der Waals surface area contributed by atoms with Crippen LogP contribution in [0.25, 0.3) is 11.4 Å². The SMILES string of the molecule is Cc1c(-c2ncc(Cl)cn2)c(C(=O)N2CCOCC2)n(Cc2ccccc2)c1C(F)(F)F. The van der Waals surface area contributed by atoms with Gasteiger partial charge < -0.3 is 14.2 Å². The number of hydrogen-bond acceptors (Lipinski definition) is 4. The molecule has 3 aromatic rings. The molecule has 1 aliphatic rings. The lowest BCUT2D eigenvalue weighted by molar-refractivity contribution is -0.143. The van der Waals surface area contributed by atoms with Gasteiger partial charge in [0.05, 0.1) is 23.8 Å². The third kappa shape index (κ3) is 4.35. The summed E-state index contributed by atoms with van der Waals surface area (Å²) in [7, 11) is 0. The molecule has 1 aliphatic heterocycles. The Morgan fingerprint density at radius 1 is 1.12 bits per heavy atom. The summed E-state index contributed by atoms with van der Waals surface area (Å²) in [5.74, 6) is -0.503. The van der Waals surface area contributed by atoms with Crippen LogP contribution in [0.1, 0.15) is 27.3 Å². The average Bonchev–Trinajstić information content (AvgIpc) is 3.07. The van der Waals surface area contributed by atoms with Gasteiger partial charge in [-0.25, -0.2) is 9.97 Å². The lowest BCUT2D eigenvalue weighted by Crippen LogP contribution is -2.41. The second-order valence-electron chi connectivity index (χ2n) is 7.40. The standard InChI is InChI=1S/C22H20ClF3N4O2/c1-14-17(20-27-11-16(23)12-28-20)18(21(31)29-7-9-32-10-8-29)30(19(14)22(24,25)26)13-15-5-3-2-4-6-15/h2-6,11-12H,7-10,13H2,1H3. The van der Waals surface area contributed by atoms with Crippen molar-refractivity contribution in [1.82, 2.24) is 19.4 Å². The van der Waals surface area contributed by atoms with Crippen molar-refractivity contribution < 1.29 is 22.7 Å². The van der Waals surface area contributed by atoms with Gasteiger partial charge in [0.15, 0.2) is 5.82 Å². The Bertz CT molecular complexity index is 1110. The monoisotopic (exact) mass is 464 g/mol. The van der Waals surface area contributed by atoms with E-state index < -0.39 is 17.8 Å². The second kappa shape index (κ2) is 8.91. The zero-order valence-corrected chi connectivity index (χ0v) is 18.0. The van der Waals surface area contributed by atoms with Crippen LogP contribution < -0.4 is 0 Å². The van der Waals surface area contributed by atoms with Crippen molar-refractivity contribution >= 4 is 17.5 Å². The molecule has 0 spiro atoms. The molecule has 1 saturated heterocycles. The molecule has 0 saturated carbocycles. The number of benzene rings is 1. The number of amides is 1. The highest BCUT2D eigenvalue weighted by atomic mass is 35.5. The maximum atomic E-state index is 14.3. The summed E-state index contributed by atoms with van der Waals surface area (Å²) in [6, 6.07) is 8.70. The van der Waals surface area contributed by atoms with Gasteiger partial charge in [0.1, 0.15) is 11.4 Å². The highest BCUT2D eigenvalue weighted by molar-refractivity contribution is 6.30. The highest BCUT2D eigenvalue weighted by Crippen LogP contribution is 2.41. The van der Waals surface area contributed by atoms with Crippen molar-refractivity contribution in [2.75, 3.05) is 26.3 Å². The van der Waals surface area contributed by atoms with E-state index in [2.05, 4.69) is 9.97 Å². The van der Waals surface area contributed by atoms with Crippen LogP contribution in [0.4, 0.5) is 13.2 Å². The molecule has 0 unspecified atom stereocenters. The quantitative estimate of drug-likeness (QED) is 0.572. The van der Waals surface area contributed by atoms with Crippen LogP contribution in [-0.2, 0) is 17.5 Å². The molecule has 0 atom stereocenters. The summed E-state index contributed by atoms with van der Waals surface area (Å²) in [5.41, 5.74) is -0.407. The van der Waals surface area contributed by atoms with Gasteiger partial charge in [-0.15, -0.1) is 0 Å². The van der Waals surface area contributed by atoms with Crippen LogP contribution in [-0.4, -0.2) is 51.6 Å². The van der Waals surface area contributed by atoms with Crippen molar-refractivity contribution in [3.63, 3.8) is 0 Å². The van der Waals surface area contributed by atoms with E-state index in [1.54, 1.807) is 30.3 Å². The molecule has 168 valence electrons. The summed E-state index contributed by atoms with van der Waals surface area (Å²) >= 11 is 5.88. The van der Waals surface area contributed by atoms with Crippen LogP contribution in [0.5, 0.6) is 0 Å². The smallest absolute Gasteiger partial charge is 0.378 e. The number of ether oxygens (including phenoxy) is 1. The van der Waals surface area contributed by atoms with E-state index in [0.717, 1.165) is 4.57 Å². The summed E-state index contributed by atoms with van der Waals surface area (Å²) in [5, 5.41) is 0.243. The predicted molar refractivity (Wildman–Crippen MR) is 112 cm³/mol. The molecular formula is C22H20ClF3N4O2. The number of aromatic nitrogens is 3. The third-order valence-corrected chi connectivity index (χ3v) is 5.50. The number of nitrogens with zero attached hydrogens (tertiary/aromatic N) is 4. The number of carbonyl (C=O) groups excluding carboxylic acids is 1. The minimum Gasteiger partial charge on any atom is -0.378 e. The van der Waals surface area contributed by atoms with Gasteiger partial charge >= 0.3 is 6.18 Å². The van der Waals surface area contributed by atoms with Gasteiger partial charge in [0.25, 0.3) is 5.91 Å². The lowest BCUT2D eigenvalue weighted by Gasteiger charge is -2.28. The van der Waals surface area contributed by atoms with Gasteiger partial charge in [0, 0.05) is 32.0 Å². The van der Waals surface area contributed by atoms with E-state index in [0.29, 0.717) is 18.8 Å². The Hall–Kier alpha value is -2.91. The Kier molecular flexibility index (Phi) is 6.21. The number of carbonyl (C=O) groups is 1. The first-order valence-corrected chi connectivity index (χ1v) is 10.3. The molecule has 32 heavy (non-hydrogen) atoms. The van der Waals surface area contributed by atoms with Crippen molar-refractivity contribution in [3.8, 4) is 11.4 Å². The molecule has 0 radical (unpaired) electrons. The van der Waals surface area contributed by atoms with E-state index in [9.17, 15) is 18.0 Å². The Balaban J connectivity index is 1.97. The van der Waals surface area contributed by atoms with Crippen LogP contribution in [0.3, 0.4) is 0 Å². The minimum atomic E-state index is -4.69. The highest BCUT2D eigenvalue weighted by Gasteiger charge is 2.42. The van der Waals surface area contributed by atoms with Gasteiger partial charge in [-0.1, -0.05) is 41.9 Å². The largest absolute Gasteiger partial charge is 0.431 e. The van der Waals surface area contributed by atoms with Gasteiger partial charge in [-0.05, 0) is 18.1 Å². The molecule has 10 heteroatoms. The zero-order valence-electron chi connectivity index (χ0n) is 17.2. The van der Waals surface area contributed by atoms with Crippen molar-refractivity contribution in [2.45, 2.75) is 19.6 Å². The predicted octanol–water partition coefficient (Wildman–Crippen LogP) is 4.45. The lowest BCUT2D eigenvalue weighted by atomic mass is 10.1. The van der Waals surface area contributed by atoms with Crippen molar-refractivity contribution in [3.05, 3.63) is 70.3 Å². The van der Waals surface area contributed by atoms with E-state index >= 15 is 0 Å². The molecule has 0 bridgehead atoms. The van der Waals surface area contributed by atoms with E-state index in [-0.39, 0.29) is 47.3 Å². The first-order chi connectivity index (χ1) is 15.3. The zero-order chi connectivity index (χ0) is 22.9. The minimum absolute atomic E-state index is 0.0146.